The maximum atomic E-state index is 5.50. The monoisotopic (exact) mass is 269 g/mol. The van der Waals surface area contributed by atoms with Gasteiger partial charge in [0, 0.05) is 24.1 Å². The lowest BCUT2D eigenvalue weighted by molar-refractivity contribution is 0.00718. The van der Waals surface area contributed by atoms with Crippen molar-refractivity contribution in [3.05, 3.63) is 22.4 Å². The number of ether oxygens (including phenoxy) is 1. The van der Waals surface area contributed by atoms with Gasteiger partial charge in [-0.05, 0) is 44.6 Å². The van der Waals surface area contributed by atoms with Gasteiger partial charge in [0.15, 0.2) is 0 Å². The Balaban J connectivity index is 2.62. The molecule has 0 aromatic carbocycles. The van der Waals surface area contributed by atoms with Crippen molar-refractivity contribution < 1.29 is 4.74 Å². The number of methoxy groups -OCH3 is 1. The molecule has 1 N–H and O–H groups in total. The fourth-order valence-corrected chi connectivity index (χ4v) is 3.22. The fourth-order valence-electron chi connectivity index (χ4n) is 2.26. The molecule has 104 valence electrons. The molecule has 2 unspecified atom stereocenters. The molecule has 0 aliphatic rings. The van der Waals surface area contributed by atoms with Gasteiger partial charge in [0.1, 0.15) is 0 Å². The van der Waals surface area contributed by atoms with Gasteiger partial charge in [0.2, 0.25) is 0 Å². The van der Waals surface area contributed by atoms with E-state index in [1.165, 1.54) is 4.88 Å². The number of rotatable bonds is 7. The lowest BCUT2D eigenvalue weighted by Gasteiger charge is -2.31. The maximum Gasteiger partial charge on any atom is 0.0637 e. The summed E-state index contributed by atoms with van der Waals surface area (Å²) in [6.07, 6.45) is 1.01. The summed E-state index contributed by atoms with van der Waals surface area (Å²) in [5.74, 6) is 0.594. The summed E-state index contributed by atoms with van der Waals surface area (Å²) in [6.45, 7) is 11.1. The molecule has 0 aliphatic heterocycles. The Morgan fingerprint density at radius 3 is 2.44 bits per heavy atom. The van der Waals surface area contributed by atoms with Crippen molar-refractivity contribution in [2.45, 2.75) is 58.7 Å². The van der Waals surface area contributed by atoms with Crippen molar-refractivity contribution in [1.29, 1.82) is 0 Å². The molecule has 1 rings (SSSR count). The fraction of sp³-hybridized carbons (Fsp3) is 0.733. The van der Waals surface area contributed by atoms with E-state index in [1.54, 1.807) is 7.11 Å². The second kappa shape index (κ2) is 6.69. The topological polar surface area (TPSA) is 21.3 Å². The number of thiophene rings is 1. The first-order valence-corrected chi connectivity index (χ1v) is 7.58. The highest BCUT2D eigenvalue weighted by molar-refractivity contribution is 7.10. The zero-order chi connectivity index (χ0) is 13.8. The Kier molecular flexibility index (Phi) is 5.83. The van der Waals surface area contributed by atoms with Crippen LogP contribution in [0.5, 0.6) is 0 Å². The van der Waals surface area contributed by atoms with Gasteiger partial charge in [-0.25, -0.2) is 0 Å². The van der Waals surface area contributed by atoms with Gasteiger partial charge < -0.3 is 10.1 Å². The predicted molar refractivity (Wildman–Crippen MR) is 80.2 cm³/mol. The highest BCUT2D eigenvalue weighted by Gasteiger charge is 2.24. The summed E-state index contributed by atoms with van der Waals surface area (Å²) in [6, 6.07) is 5.22. The molecule has 1 aromatic heterocycles. The lowest BCUT2D eigenvalue weighted by atomic mass is 9.96. The van der Waals surface area contributed by atoms with E-state index < -0.39 is 0 Å². The van der Waals surface area contributed by atoms with Crippen LogP contribution in [-0.2, 0) is 4.74 Å². The van der Waals surface area contributed by atoms with Crippen LogP contribution in [0.3, 0.4) is 0 Å². The molecule has 2 atom stereocenters. The highest BCUT2D eigenvalue weighted by Crippen LogP contribution is 2.27. The first kappa shape index (κ1) is 15.7. The minimum Gasteiger partial charge on any atom is -0.379 e. The van der Waals surface area contributed by atoms with E-state index >= 15 is 0 Å². The molecule has 0 radical (unpaired) electrons. The summed E-state index contributed by atoms with van der Waals surface area (Å²) >= 11 is 1.83. The quantitative estimate of drug-likeness (QED) is 0.799. The van der Waals surface area contributed by atoms with E-state index in [1.807, 2.05) is 11.3 Å². The van der Waals surface area contributed by atoms with E-state index in [2.05, 4.69) is 57.4 Å². The van der Waals surface area contributed by atoms with Crippen molar-refractivity contribution >= 4 is 11.3 Å². The van der Waals surface area contributed by atoms with Crippen molar-refractivity contribution in [3.8, 4) is 0 Å². The summed E-state index contributed by atoms with van der Waals surface area (Å²) in [4.78, 5) is 1.42. The molecule has 1 heterocycles. The molecule has 0 fully saturated rings. The van der Waals surface area contributed by atoms with Crippen LogP contribution in [0.15, 0.2) is 17.5 Å². The van der Waals surface area contributed by atoms with E-state index in [0.717, 1.165) is 6.42 Å². The summed E-state index contributed by atoms with van der Waals surface area (Å²) < 4.78 is 5.50. The molecule has 0 bridgehead atoms. The smallest absolute Gasteiger partial charge is 0.0637 e. The molecule has 1 aromatic rings. The minimum atomic E-state index is -0.0661. The van der Waals surface area contributed by atoms with Gasteiger partial charge >= 0.3 is 0 Å². The van der Waals surface area contributed by atoms with E-state index in [9.17, 15) is 0 Å². The molecular weight excluding hydrogens is 242 g/mol. The van der Waals surface area contributed by atoms with Crippen LogP contribution in [-0.4, -0.2) is 18.8 Å². The largest absolute Gasteiger partial charge is 0.379 e. The summed E-state index contributed by atoms with van der Waals surface area (Å²) in [7, 11) is 1.78. The van der Waals surface area contributed by atoms with E-state index in [-0.39, 0.29) is 5.60 Å². The molecular formula is C15H27NOS. The third-order valence-electron chi connectivity index (χ3n) is 3.33. The van der Waals surface area contributed by atoms with Crippen molar-refractivity contribution in [1.82, 2.24) is 5.32 Å². The Morgan fingerprint density at radius 2 is 2.00 bits per heavy atom. The SMILES string of the molecule is COC(C)(C)CC(C)NC(c1cccs1)C(C)C. The molecule has 3 heteroatoms. The molecule has 0 aliphatic carbocycles. The molecule has 0 saturated carbocycles. The van der Waals surface area contributed by atoms with Crippen molar-refractivity contribution in [2.75, 3.05) is 7.11 Å². The molecule has 0 spiro atoms. The number of nitrogens with one attached hydrogen (secondary N) is 1. The van der Waals surface area contributed by atoms with Crippen LogP contribution in [0.2, 0.25) is 0 Å². The van der Waals surface area contributed by atoms with E-state index in [0.29, 0.717) is 18.0 Å². The average molecular weight is 269 g/mol. The number of hydrogen-bond acceptors (Lipinski definition) is 3. The Bertz CT molecular complexity index is 332. The highest BCUT2D eigenvalue weighted by atomic mass is 32.1. The zero-order valence-electron chi connectivity index (χ0n) is 12.5. The van der Waals surface area contributed by atoms with Gasteiger partial charge in [-0.3, -0.25) is 0 Å². The zero-order valence-corrected chi connectivity index (χ0v) is 13.3. The Hall–Kier alpha value is -0.380. The van der Waals surface area contributed by atoms with Gasteiger partial charge in [0.25, 0.3) is 0 Å². The van der Waals surface area contributed by atoms with Crippen LogP contribution < -0.4 is 5.32 Å². The van der Waals surface area contributed by atoms with Crippen LogP contribution in [0.1, 0.15) is 52.0 Å². The van der Waals surface area contributed by atoms with Crippen molar-refractivity contribution in [2.24, 2.45) is 5.92 Å². The van der Waals surface area contributed by atoms with Gasteiger partial charge in [-0.1, -0.05) is 19.9 Å². The first-order chi connectivity index (χ1) is 8.35. The Labute approximate surface area is 116 Å². The first-order valence-electron chi connectivity index (χ1n) is 6.70. The van der Waals surface area contributed by atoms with Crippen LogP contribution in [0, 0.1) is 5.92 Å². The van der Waals surface area contributed by atoms with Gasteiger partial charge in [-0.2, -0.15) is 0 Å². The van der Waals surface area contributed by atoms with Crippen LogP contribution in [0.25, 0.3) is 0 Å². The summed E-state index contributed by atoms with van der Waals surface area (Å²) in [5.41, 5.74) is -0.0661. The molecule has 0 amide bonds. The number of hydrogen-bond donors (Lipinski definition) is 1. The third-order valence-corrected chi connectivity index (χ3v) is 4.29. The Morgan fingerprint density at radius 1 is 1.33 bits per heavy atom. The minimum absolute atomic E-state index is 0.0661. The maximum absolute atomic E-state index is 5.50. The van der Waals surface area contributed by atoms with E-state index in [4.69, 9.17) is 4.74 Å². The average Bonchev–Trinajstić information content (AvgIpc) is 2.78. The molecule has 0 saturated heterocycles. The second-order valence-corrected chi connectivity index (χ2v) is 6.95. The van der Waals surface area contributed by atoms with Crippen LogP contribution >= 0.6 is 11.3 Å². The van der Waals surface area contributed by atoms with Gasteiger partial charge in [-0.15, -0.1) is 11.3 Å². The lowest BCUT2D eigenvalue weighted by Crippen LogP contribution is -2.39. The molecule has 18 heavy (non-hydrogen) atoms. The predicted octanol–water partition coefficient (Wildman–Crippen LogP) is 4.24. The molecule has 2 nitrogen and oxygen atoms in total. The third kappa shape index (κ3) is 4.71. The second-order valence-electron chi connectivity index (χ2n) is 5.97. The standard InChI is InChI=1S/C15H27NOS/c1-11(2)14(13-8-7-9-18-13)16-12(3)10-15(4,5)17-6/h7-9,11-12,14,16H,10H2,1-6H3. The summed E-state index contributed by atoms with van der Waals surface area (Å²) in [5, 5.41) is 5.89. The normalized spacial score (nSPS) is 15.9. The van der Waals surface area contributed by atoms with Crippen molar-refractivity contribution in [3.63, 3.8) is 0 Å². The van der Waals surface area contributed by atoms with Gasteiger partial charge in [0.05, 0.1) is 5.60 Å². The van der Waals surface area contributed by atoms with Crippen LogP contribution in [0.4, 0.5) is 0 Å².